The maximum Gasteiger partial charge on any atom is 0.228 e. The second kappa shape index (κ2) is 6.66. The topological polar surface area (TPSA) is 116 Å². The highest BCUT2D eigenvalue weighted by atomic mass is 32.2. The first-order valence-corrected chi connectivity index (χ1v) is 10.1. The number of carbonyl (C=O) groups excluding carboxylic acids is 1. The van der Waals surface area contributed by atoms with Gasteiger partial charge in [-0.3, -0.25) is 9.20 Å². The number of imidazole rings is 1. The van der Waals surface area contributed by atoms with Crippen LogP contribution in [0.3, 0.4) is 0 Å². The number of hydrogen-bond acceptors (Lipinski definition) is 8. The molecular formula is C19H14N8O2S. The third-order valence-corrected chi connectivity index (χ3v) is 5.63. The first-order chi connectivity index (χ1) is 14.7. The van der Waals surface area contributed by atoms with Crippen LogP contribution < -0.4 is 5.32 Å². The number of amides is 1. The number of nitrogens with one attached hydrogen (secondary N) is 1. The predicted octanol–water partition coefficient (Wildman–Crippen LogP) is 2.93. The molecule has 5 aromatic rings. The van der Waals surface area contributed by atoms with Crippen molar-refractivity contribution in [3.63, 3.8) is 0 Å². The number of pyridine rings is 1. The number of nitrogens with zero attached hydrogens (tertiary/aromatic N) is 7. The lowest BCUT2D eigenvalue weighted by Gasteiger charge is -2.02. The first kappa shape index (κ1) is 17.2. The highest BCUT2D eigenvalue weighted by molar-refractivity contribution is 7.99. The Labute approximate surface area is 173 Å². The van der Waals surface area contributed by atoms with E-state index >= 15 is 0 Å². The molecule has 1 aliphatic rings. The lowest BCUT2D eigenvalue weighted by molar-refractivity contribution is -0.117. The number of rotatable bonds is 5. The van der Waals surface area contributed by atoms with E-state index in [4.69, 9.17) is 4.42 Å². The Morgan fingerprint density at radius 2 is 2.03 bits per heavy atom. The van der Waals surface area contributed by atoms with Gasteiger partial charge in [-0.15, -0.1) is 10.2 Å². The minimum atomic E-state index is 0.0183. The van der Waals surface area contributed by atoms with Crippen LogP contribution in [0, 0.1) is 5.92 Å². The van der Waals surface area contributed by atoms with Crippen LogP contribution in [0.1, 0.15) is 12.8 Å². The Morgan fingerprint density at radius 3 is 2.87 bits per heavy atom. The third-order valence-electron chi connectivity index (χ3n) is 4.74. The molecule has 1 amide bonds. The van der Waals surface area contributed by atoms with Crippen LogP contribution in [0.2, 0.25) is 0 Å². The van der Waals surface area contributed by atoms with E-state index in [0.29, 0.717) is 28.2 Å². The molecule has 1 fully saturated rings. The monoisotopic (exact) mass is 418 g/mol. The fourth-order valence-electron chi connectivity index (χ4n) is 3.08. The van der Waals surface area contributed by atoms with Crippen LogP contribution in [0.5, 0.6) is 0 Å². The van der Waals surface area contributed by atoms with Gasteiger partial charge in [0.05, 0.1) is 18.0 Å². The zero-order chi connectivity index (χ0) is 20.1. The summed E-state index contributed by atoms with van der Waals surface area (Å²) in [5.74, 6) is 1.17. The summed E-state index contributed by atoms with van der Waals surface area (Å²) in [6, 6.07) is 7.46. The smallest absolute Gasteiger partial charge is 0.228 e. The van der Waals surface area contributed by atoms with Gasteiger partial charge in [0.1, 0.15) is 11.3 Å². The second-order valence-corrected chi connectivity index (χ2v) is 7.92. The molecule has 0 aromatic carbocycles. The number of carbonyl (C=O) groups is 1. The quantitative estimate of drug-likeness (QED) is 0.463. The van der Waals surface area contributed by atoms with Crippen LogP contribution >= 0.6 is 11.8 Å². The van der Waals surface area contributed by atoms with Gasteiger partial charge in [0, 0.05) is 12.1 Å². The molecule has 5 aromatic heterocycles. The van der Waals surface area contributed by atoms with Crippen LogP contribution in [0.4, 0.5) is 5.82 Å². The van der Waals surface area contributed by atoms with Crippen LogP contribution in [-0.2, 0) is 4.79 Å². The summed E-state index contributed by atoms with van der Waals surface area (Å²) in [5, 5.41) is 17.3. The van der Waals surface area contributed by atoms with E-state index in [1.165, 1.54) is 18.0 Å². The van der Waals surface area contributed by atoms with Crippen molar-refractivity contribution in [1.29, 1.82) is 0 Å². The van der Waals surface area contributed by atoms with Gasteiger partial charge in [-0.2, -0.15) is 5.10 Å². The van der Waals surface area contributed by atoms with E-state index in [1.54, 1.807) is 16.9 Å². The number of oxazole rings is 1. The molecule has 148 valence electrons. The fourth-order valence-corrected chi connectivity index (χ4v) is 3.86. The Kier molecular flexibility index (Phi) is 3.81. The Morgan fingerprint density at radius 1 is 1.13 bits per heavy atom. The van der Waals surface area contributed by atoms with E-state index in [2.05, 4.69) is 30.6 Å². The van der Waals surface area contributed by atoms with Crippen molar-refractivity contribution >= 4 is 34.8 Å². The van der Waals surface area contributed by atoms with Gasteiger partial charge in [-0.1, -0.05) is 0 Å². The van der Waals surface area contributed by atoms with Crippen LogP contribution in [0.15, 0.2) is 63.7 Å². The molecule has 11 heteroatoms. The van der Waals surface area contributed by atoms with Gasteiger partial charge in [0.15, 0.2) is 17.1 Å². The SMILES string of the molecule is O=C(Nc1cn2nc(Sc3nnc4ccc(-c5ncco5)cn34)ccc2n1)C1CC1. The molecule has 0 spiro atoms. The molecule has 1 N–H and O–H groups in total. The number of fused-ring (bicyclic) bond motifs is 2. The average Bonchev–Trinajstić information content (AvgIpc) is 3.14. The number of anilines is 1. The molecule has 0 atom stereocenters. The summed E-state index contributed by atoms with van der Waals surface area (Å²) in [6.45, 7) is 0. The van der Waals surface area contributed by atoms with Gasteiger partial charge in [0.25, 0.3) is 0 Å². The van der Waals surface area contributed by atoms with Crippen molar-refractivity contribution in [1.82, 2.24) is 34.2 Å². The molecule has 1 aliphatic carbocycles. The fraction of sp³-hybridized carbons (Fsp3) is 0.158. The Hall–Kier alpha value is -3.73. The summed E-state index contributed by atoms with van der Waals surface area (Å²) in [5.41, 5.74) is 2.19. The summed E-state index contributed by atoms with van der Waals surface area (Å²) in [6.07, 6.45) is 8.62. The number of aromatic nitrogens is 7. The van der Waals surface area contributed by atoms with Gasteiger partial charge < -0.3 is 9.73 Å². The minimum Gasteiger partial charge on any atom is -0.444 e. The Bertz CT molecular complexity index is 1390. The highest BCUT2D eigenvalue weighted by Gasteiger charge is 2.30. The van der Waals surface area contributed by atoms with Gasteiger partial charge in [0.2, 0.25) is 17.0 Å². The molecule has 1 saturated carbocycles. The molecule has 30 heavy (non-hydrogen) atoms. The van der Waals surface area contributed by atoms with E-state index in [9.17, 15) is 4.79 Å². The predicted molar refractivity (Wildman–Crippen MR) is 107 cm³/mol. The summed E-state index contributed by atoms with van der Waals surface area (Å²) >= 11 is 1.37. The van der Waals surface area contributed by atoms with E-state index in [1.807, 2.05) is 34.9 Å². The summed E-state index contributed by atoms with van der Waals surface area (Å²) in [7, 11) is 0. The van der Waals surface area contributed by atoms with Crippen molar-refractivity contribution in [2.24, 2.45) is 5.92 Å². The van der Waals surface area contributed by atoms with Gasteiger partial charge in [-0.05, 0) is 48.9 Å². The lowest BCUT2D eigenvalue weighted by Crippen LogP contribution is -2.13. The lowest BCUT2D eigenvalue weighted by atomic mass is 10.3. The molecule has 0 bridgehead atoms. The largest absolute Gasteiger partial charge is 0.444 e. The van der Waals surface area contributed by atoms with Gasteiger partial charge >= 0.3 is 0 Å². The van der Waals surface area contributed by atoms with Gasteiger partial charge in [-0.25, -0.2) is 14.5 Å². The van der Waals surface area contributed by atoms with Crippen LogP contribution in [-0.4, -0.2) is 40.1 Å². The Balaban J connectivity index is 1.29. The first-order valence-electron chi connectivity index (χ1n) is 9.33. The average molecular weight is 418 g/mol. The molecule has 5 heterocycles. The van der Waals surface area contributed by atoms with E-state index in [-0.39, 0.29) is 11.8 Å². The summed E-state index contributed by atoms with van der Waals surface area (Å²) < 4.78 is 8.89. The summed E-state index contributed by atoms with van der Waals surface area (Å²) in [4.78, 5) is 20.5. The minimum absolute atomic E-state index is 0.0183. The molecular weight excluding hydrogens is 404 g/mol. The molecule has 6 rings (SSSR count). The zero-order valence-electron chi connectivity index (χ0n) is 15.5. The molecule has 0 unspecified atom stereocenters. The molecule has 0 aliphatic heterocycles. The maximum absolute atomic E-state index is 12.0. The van der Waals surface area contributed by atoms with Crippen molar-refractivity contribution < 1.29 is 9.21 Å². The van der Waals surface area contributed by atoms with Crippen molar-refractivity contribution in [2.45, 2.75) is 23.0 Å². The number of hydrogen-bond donors (Lipinski definition) is 1. The normalized spacial score (nSPS) is 13.9. The zero-order valence-corrected chi connectivity index (χ0v) is 16.3. The third kappa shape index (κ3) is 3.08. The van der Waals surface area contributed by atoms with Crippen LogP contribution in [0.25, 0.3) is 22.7 Å². The maximum atomic E-state index is 12.0. The van der Waals surface area contributed by atoms with Crippen molar-refractivity contribution in [3.05, 3.63) is 49.1 Å². The standard InChI is InChI=1S/C19H14N8O2S/c28-17(11-1-2-11)22-13-10-27-14(21-13)5-6-16(25-27)30-19-24-23-15-4-3-12(9-26(15)19)18-20-7-8-29-18/h3-11H,1-2H2,(H,22,28). The van der Waals surface area contributed by atoms with E-state index in [0.717, 1.165) is 23.4 Å². The highest BCUT2D eigenvalue weighted by Crippen LogP contribution is 2.30. The van der Waals surface area contributed by atoms with Crippen molar-refractivity contribution in [2.75, 3.05) is 5.32 Å². The molecule has 10 nitrogen and oxygen atoms in total. The second-order valence-electron chi connectivity index (χ2n) is 6.93. The van der Waals surface area contributed by atoms with Crippen molar-refractivity contribution in [3.8, 4) is 11.5 Å². The van der Waals surface area contributed by atoms with E-state index < -0.39 is 0 Å². The molecule has 0 radical (unpaired) electrons. The molecule has 0 saturated heterocycles.